The van der Waals surface area contributed by atoms with Crippen molar-refractivity contribution in [3.05, 3.63) is 11.1 Å². The highest BCUT2D eigenvalue weighted by Gasteiger charge is 2.43. The highest BCUT2D eigenvalue weighted by molar-refractivity contribution is 6.17. The maximum atomic E-state index is 12.8. The van der Waals surface area contributed by atoms with Crippen LogP contribution in [0.15, 0.2) is 16.1 Å². The second-order valence-corrected chi connectivity index (χ2v) is 6.58. The molecule has 25 heavy (non-hydrogen) atoms. The first-order valence-corrected chi connectivity index (χ1v) is 9.80. The fourth-order valence-electron chi connectivity index (χ4n) is 3.37. The molecule has 5 nitrogen and oxygen atoms in total. The van der Waals surface area contributed by atoms with Crippen molar-refractivity contribution in [3.8, 4) is 0 Å². The van der Waals surface area contributed by atoms with E-state index in [4.69, 9.17) is 9.73 Å². The van der Waals surface area contributed by atoms with Gasteiger partial charge in [-0.1, -0.05) is 53.4 Å². The molecule has 5 heteroatoms. The van der Waals surface area contributed by atoms with Crippen LogP contribution in [0.2, 0.25) is 0 Å². The van der Waals surface area contributed by atoms with Crippen LogP contribution in [-0.2, 0) is 14.3 Å². The molecule has 0 aromatic rings. The predicted octanol–water partition coefficient (Wildman–Crippen LogP) is 4.31. The van der Waals surface area contributed by atoms with E-state index in [9.17, 15) is 9.59 Å². The van der Waals surface area contributed by atoms with Crippen molar-refractivity contribution in [2.75, 3.05) is 6.61 Å². The number of ether oxygens (including phenoxy) is 1. The van der Waals surface area contributed by atoms with Crippen molar-refractivity contribution in [2.45, 2.75) is 91.5 Å². The maximum absolute atomic E-state index is 12.8. The van der Waals surface area contributed by atoms with Crippen LogP contribution in [0, 0.1) is 0 Å². The van der Waals surface area contributed by atoms with Crippen LogP contribution < -0.4 is 5.32 Å². The van der Waals surface area contributed by atoms with Gasteiger partial charge in [0.15, 0.2) is 0 Å². The van der Waals surface area contributed by atoms with Gasteiger partial charge in [-0.2, -0.15) is 0 Å². The van der Waals surface area contributed by atoms with E-state index in [2.05, 4.69) is 26.1 Å². The lowest BCUT2D eigenvalue weighted by Gasteiger charge is -2.22. The average molecular weight is 351 g/mol. The summed E-state index contributed by atoms with van der Waals surface area (Å²) in [6.45, 7) is 10.3. The topological polar surface area (TPSA) is 67.8 Å². The lowest BCUT2D eigenvalue weighted by Crippen LogP contribution is -2.40. The molecule has 1 N–H and O–H groups in total. The molecule has 142 valence electrons. The number of nitrogens with zero attached hydrogens (tertiary/aromatic N) is 1. The maximum Gasteiger partial charge on any atom is 0.334 e. The molecule has 1 rings (SSSR count). The normalized spacial score (nSPS) is 20.8. The molecule has 0 saturated carbocycles. The summed E-state index contributed by atoms with van der Waals surface area (Å²) in [6, 6.07) is 0. The zero-order valence-corrected chi connectivity index (χ0v) is 16.5. The van der Waals surface area contributed by atoms with Gasteiger partial charge in [-0.25, -0.2) is 4.79 Å². The van der Waals surface area contributed by atoms with Crippen LogP contribution in [0.4, 0.5) is 0 Å². The first kappa shape index (κ1) is 21.4. The second-order valence-electron chi connectivity index (χ2n) is 6.58. The van der Waals surface area contributed by atoms with E-state index in [1.54, 1.807) is 6.92 Å². The minimum absolute atomic E-state index is 0.0225. The molecule has 1 unspecified atom stereocenters. The van der Waals surface area contributed by atoms with Gasteiger partial charge < -0.3 is 10.1 Å². The SMILES string of the molecule is CCCCC1(CCC)N=C(/C(CCC)=C(\CC)C(=O)OCC)NC1=O. The third-order valence-electron chi connectivity index (χ3n) is 4.61. The van der Waals surface area contributed by atoms with Gasteiger partial charge in [0.2, 0.25) is 0 Å². The number of nitrogens with one attached hydrogen (secondary N) is 1. The van der Waals surface area contributed by atoms with Crippen molar-refractivity contribution >= 4 is 17.7 Å². The molecule has 1 heterocycles. The minimum atomic E-state index is -0.674. The summed E-state index contributed by atoms with van der Waals surface area (Å²) in [5.41, 5.74) is 0.795. The van der Waals surface area contributed by atoms with E-state index in [0.717, 1.165) is 44.1 Å². The van der Waals surface area contributed by atoms with E-state index in [1.807, 2.05) is 6.92 Å². The average Bonchev–Trinajstić information content (AvgIpc) is 2.90. The number of carbonyl (C=O) groups excluding carboxylic acids is 2. The van der Waals surface area contributed by atoms with Gasteiger partial charge in [-0.05, 0) is 32.6 Å². The largest absolute Gasteiger partial charge is 0.463 e. The van der Waals surface area contributed by atoms with Crippen molar-refractivity contribution in [3.63, 3.8) is 0 Å². The van der Waals surface area contributed by atoms with Gasteiger partial charge in [-0.3, -0.25) is 9.79 Å². The van der Waals surface area contributed by atoms with Gasteiger partial charge in [0.05, 0.1) is 6.61 Å². The van der Waals surface area contributed by atoms with Crippen molar-refractivity contribution in [2.24, 2.45) is 4.99 Å². The zero-order chi connectivity index (χ0) is 18.9. The number of esters is 1. The van der Waals surface area contributed by atoms with E-state index in [1.165, 1.54) is 0 Å². The molecule has 0 radical (unpaired) electrons. The Kier molecular flexibility index (Phi) is 8.87. The lowest BCUT2D eigenvalue weighted by atomic mass is 9.88. The quantitative estimate of drug-likeness (QED) is 0.446. The Bertz CT molecular complexity index is 537. The lowest BCUT2D eigenvalue weighted by molar-refractivity contribution is -0.138. The molecule has 1 amide bonds. The van der Waals surface area contributed by atoms with Crippen molar-refractivity contribution in [1.82, 2.24) is 5.32 Å². The standard InChI is InChI=1S/C20H34N2O3/c1-6-11-14-20(13-8-3)19(24)21-17(22-20)16(12-7-2)15(9-4)18(23)25-10-5/h6-14H2,1-5H3,(H,21,22,24)/b16-15+. The van der Waals surface area contributed by atoms with E-state index < -0.39 is 5.54 Å². The Labute approximate surface area is 152 Å². The molecule has 0 fully saturated rings. The number of carbonyl (C=O) groups is 2. The molecule has 0 aromatic heterocycles. The smallest absolute Gasteiger partial charge is 0.334 e. The van der Waals surface area contributed by atoms with Gasteiger partial charge in [0.1, 0.15) is 11.4 Å². The third-order valence-corrected chi connectivity index (χ3v) is 4.61. The molecule has 0 spiro atoms. The Balaban J connectivity index is 3.32. The summed E-state index contributed by atoms with van der Waals surface area (Å²) in [4.78, 5) is 29.9. The number of amides is 1. The first-order chi connectivity index (χ1) is 12.0. The number of aliphatic imine (C=N–C) groups is 1. The van der Waals surface area contributed by atoms with Crippen LogP contribution in [-0.4, -0.2) is 29.9 Å². The summed E-state index contributed by atoms with van der Waals surface area (Å²) in [5.74, 6) is 0.263. The third kappa shape index (κ3) is 5.16. The number of unbranched alkanes of at least 4 members (excludes halogenated alkanes) is 1. The van der Waals surface area contributed by atoms with E-state index in [0.29, 0.717) is 30.9 Å². The molecule has 1 aliphatic heterocycles. The molecule has 0 saturated heterocycles. The van der Waals surface area contributed by atoms with Crippen molar-refractivity contribution in [1.29, 1.82) is 0 Å². The summed E-state index contributed by atoms with van der Waals surface area (Å²) >= 11 is 0. The van der Waals surface area contributed by atoms with Crippen LogP contribution in [0.25, 0.3) is 0 Å². The summed E-state index contributed by atoms with van der Waals surface area (Å²) in [7, 11) is 0. The van der Waals surface area contributed by atoms with Crippen LogP contribution in [0.3, 0.4) is 0 Å². The fraction of sp³-hybridized carbons (Fsp3) is 0.750. The van der Waals surface area contributed by atoms with Gasteiger partial charge >= 0.3 is 5.97 Å². The van der Waals surface area contributed by atoms with Gasteiger partial charge in [0, 0.05) is 11.1 Å². The molecule has 0 aromatic carbocycles. The molecular weight excluding hydrogens is 316 g/mol. The highest BCUT2D eigenvalue weighted by Crippen LogP contribution is 2.32. The Morgan fingerprint density at radius 2 is 1.80 bits per heavy atom. The summed E-state index contributed by atoms with van der Waals surface area (Å²) in [6.07, 6.45) is 6.55. The summed E-state index contributed by atoms with van der Waals surface area (Å²) in [5, 5.41) is 2.98. The number of hydrogen-bond acceptors (Lipinski definition) is 4. The van der Waals surface area contributed by atoms with Gasteiger partial charge in [-0.15, -0.1) is 0 Å². The zero-order valence-electron chi connectivity index (χ0n) is 16.5. The molecular formula is C20H34N2O3. The number of amidine groups is 1. The first-order valence-electron chi connectivity index (χ1n) is 9.80. The summed E-state index contributed by atoms with van der Waals surface area (Å²) < 4.78 is 5.21. The van der Waals surface area contributed by atoms with Gasteiger partial charge in [0.25, 0.3) is 5.91 Å². The molecule has 0 bridgehead atoms. The highest BCUT2D eigenvalue weighted by atomic mass is 16.5. The van der Waals surface area contributed by atoms with Crippen LogP contribution >= 0.6 is 0 Å². The Morgan fingerprint density at radius 1 is 1.08 bits per heavy atom. The predicted molar refractivity (Wildman–Crippen MR) is 102 cm³/mol. The van der Waals surface area contributed by atoms with Crippen LogP contribution in [0.5, 0.6) is 0 Å². The van der Waals surface area contributed by atoms with E-state index in [-0.39, 0.29) is 11.9 Å². The number of hydrogen-bond donors (Lipinski definition) is 1. The monoisotopic (exact) mass is 350 g/mol. The minimum Gasteiger partial charge on any atom is -0.463 e. The molecule has 1 aliphatic rings. The molecule has 0 aliphatic carbocycles. The second kappa shape index (κ2) is 10.4. The fourth-order valence-corrected chi connectivity index (χ4v) is 3.37. The Hall–Kier alpha value is -1.65. The van der Waals surface area contributed by atoms with Crippen LogP contribution in [0.1, 0.15) is 86.0 Å². The molecule has 1 atom stereocenters. The van der Waals surface area contributed by atoms with Crippen molar-refractivity contribution < 1.29 is 14.3 Å². The van der Waals surface area contributed by atoms with E-state index >= 15 is 0 Å². The number of rotatable bonds is 11. The Morgan fingerprint density at radius 3 is 2.32 bits per heavy atom.